The lowest BCUT2D eigenvalue weighted by molar-refractivity contribution is 1.28. The largest absolute Gasteiger partial charge is 0.310 e. The van der Waals surface area contributed by atoms with Crippen molar-refractivity contribution >= 4 is 141 Å². The Hall–Kier alpha value is -11.6. The molecular formula is C88H56N2S. The maximum atomic E-state index is 2.47. The molecule has 0 spiro atoms. The summed E-state index contributed by atoms with van der Waals surface area (Å²) in [5.41, 5.74) is 15.9. The molecule has 18 aromatic rings. The van der Waals surface area contributed by atoms with Crippen molar-refractivity contribution in [1.29, 1.82) is 0 Å². The third-order valence-corrected chi connectivity index (χ3v) is 19.9. The number of fused-ring (bicyclic) bond motifs is 14. The second-order valence-electron chi connectivity index (χ2n) is 23.9. The summed E-state index contributed by atoms with van der Waals surface area (Å²) >= 11 is 1.89. The van der Waals surface area contributed by atoms with E-state index < -0.39 is 0 Å². The fraction of sp³-hybridized carbons (Fsp3) is 0. The zero-order valence-corrected chi connectivity index (χ0v) is 50.5. The predicted molar refractivity (Wildman–Crippen MR) is 393 cm³/mol. The molecule has 1 heterocycles. The van der Waals surface area contributed by atoms with Crippen molar-refractivity contribution in [2.75, 3.05) is 9.80 Å². The van der Waals surface area contributed by atoms with Crippen LogP contribution in [0, 0.1) is 0 Å². The Balaban J connectivity index is 0.787. The third-order valence-electron chi connectivity index (χ3n) is 18.7. The first-order valence-electron chi connectivity index (χ1n) is 31.3. The van der Waals surface area contributed by atoms with Gasteiger partial charge in [-0.25, -0.2) is 0 Å². The molecule has 91 heavy (non-hydrogen) atoms. The van der Waals surface area contributed by atoms with E-state index >= 15 is 0 Å². The molecule has 0 aliphatic carbocycles. The van der Waals surface area contributed by atoms with Crippen molar-refractivity contribution < 1.29 is 0 Å². The Labute approximate surface area is 531 Å². The molecule has 0 saturated carbocycles. The van der Waals surface area contributed by atoms with Crippen LogP contribution in [-0.4, -0.2) is 0 Å². The number of anilines is 6. The van der Waals surface area contributed by atoms with Crippen LogP contribution < -0.4 is 9.80 Å². The molecule has 0 unspecified atom stereocenters. The van der Waals surface area contributed by atoms with Gasteiger partial charge in [-0.3, -0.25) is 0 Å². The van der Waals surface area contributed by atoms with Crippen LogP contribution in [0.5, 0.6) is 0 Å². The van der Waals surface area contributed by atoms with Crippen molar-refractivity contribution in [1.82, 2.24) is 0 Å². The van der Waals surface area contributed by atoms with Crippen LogP contribution in [0.15, 0.2) is 340 Å². The van der Waals surface area contributed by atoms with Gasteiger partial charge in [0.15, 0.2) is 0 Å². The molecule has 0 amide bonds. The van der Waals surface area contributed by atoms with Crippen molar-refractivity contribution in [3.63, 3.8) is 0 Å². The van der Waals surface area contributed by atoms with Gasteiger partial charge in [-0.15, -0.1) is 11.3 Å². The average molecular weight is 1170 g/mol. The van der Waals surface area contributed by atoms with Gasteiger partial charge in [0.25, 0.3) is 0 Å². The molecule has 0 aliphatic heterocycles. The lowest BCUT2D eigenvalue weighted by Gasteiger charge is -2.30. The van der Waals surface area contributed by atoms with Crippen LogP contribution in [0.1, 0.15) is 0 Å². The van der Waals surface area contributed by atoms with Gasteiger partial charge >= 0.3 is 0 Å². The zero-order chi connectivity index (χ0) is 59.9. The van der Waals surface area contributed by atoms with E-state index in [1.807, 2.05) is 11.3 Å². The van der Waals surface area contributed by atoms with E-state index in [4.69, 9.17) is 0 Å². The summed E-state index contributed by atoms with van der Waals surface area (Å²) < 4.78 is 2.62. The molecule has 0 fully saturated rings. The van der Waals surface area contributed by atoms with Gasteiger partial charge < -0.3 is 9.80 Å². The van der Waals surface area contributed by atoms with E-state index in [0.29, 0.717) is 0 Å². The summed E-state index contributed by atoms with van der Waals surface area (Å²) in [5.74, 6) is 0. The molecule has 17 aromatic carbocycles. The van der Waals surface area contributed by atoms with Crippen molar-refractivity contribution in [3.05, 3.63) is 340 Å². The number of thiophene rings is 1. The highest BCUT2D eigenvalue weighted by molar-refractivity contribution is 7.26. The second kappa shape index (κ2) is 21.6. The van der Waals surface area contributed by atoms with E-state index in [-0.39, 0.29) is 0 Å². The monoisotopic (exact) mass is 1170 g/mol. The standard InChI is InChI=1S/C88H56N2S/c1-2-17-57(18-3-1)61-41-49-76-67(51-61)35-36-68-54-72(47-50-77(68)76)89(69-43-37-58(38-44-69)62-42-48-75-66(52-62)34-33-59-19-4-7-24-73(59)75)84-31-14-12-26-78(84)63-22-16-23-71(53-63)90(85-56-65-21-5-8-25-74(65)80-28-10-11-29-81(80)85)70-45-39-60(40-46-70)83-55-64-20-6-9-27-79(64)87-82-30-13-15-32-86(82)91-88(83)87/h1-56H. The van der Waals surface area contributed by atoms with Gasteiger partial charge in [0.2, 0.25) is 0 Å². The molecule has 3 heteroatoms. The van der Waals surface area contributed by atoms with Crippen molar-refractivity contribution in [3.8, 4) is 44.5 Å². The van der Waals surface area contributed by atoms with Gasteiger partial charge in [-0.1, -0.05) is 255 Å². The molecule has 0 radical (unpaired) electrons. The maximum Gasteiger partial charge on any atom is 0.0546 e. The third kappa shape index (κ3) is 9.00. The van der Waals surface area contributed by atoms with Gasteiger partial charge in [-0.05, 0) is 188 Å². The lowest BCUT2D eigenvalue weighted by atomic mass is 9.95. The summed E-state index contributed by atoms with van der Waals surface area (Å²) in [6.45, 7) is 0. The SMILES string of the molecule is c1ccc(-c2ccc3c(ccc4cc(N(c5ccc(-c6ccc7c(ccc8ccccc87)c6)cc5)c5ccccc5-c5cccc(N(c6ccc(-c7cc8ccccc8c8c7sc7ccccc78)cc6)c6cc7ccccc7c7ccccc67)c5)ccc43)c2)cc1. The van der Waals surface area contributed by atoms with Gasteiger partial charge in [0, 0.05) is 59.4 Å². The van der Waals surface area contributed by atoms with Crippen molar-refractivity contribution in [2.24, 2.45) is 0 Å². The van der Waals surface area contributed by atoms with Crippen LogP contribution in [0.4, 0.5) is 34.1 Å². The number of para-hydroxylation sites is 1. The lowest BCUT2D eigenvalue weighted by Crippen LogP contribution is -2.12. The van der Waals surface area contributed by atoms with Crippen LogP contribution >= 0.6 is 11.3 Å². The molecule has 0 aliphatic rings. The Bertz CT molecular complexity index is 5900. The molecule has 0 N–H and O–H groups in total. The zero-order valence-electron chi connectivity index (χ0n) is 49.6. The van der Waals surface area contributed by atoms with E-state index in [9.17, 15) is 0 Å². The molecule has 0 atom stereocenters. The molecule has 1 aromatic heterocycles. The first-order valence-corrected chi connectivity index (χ1v) is 32.1. The van der Waals surface area contributed by atoms with Gasteiger partial charge in [-0.2, -0.15) is 0 Å². The topological polar surface area (TPSA) is 6.48 Å². The highest BCUT2D eigenvalue weighted by atomic mass is 32.1. The van der Waals surface area contributed by atoms with Crippen LogP contribution in [-0.2, 0) is 0 Å². The minimum atomic E-state index is 1.06. The Morgan fingerprint density at radius 3 is 1.36 bits per heavy atom. The number of hydrogen-bond donors (Lipinski definition) is 0. The Morgan fingerprint density at radius 2 is 0.648 bits per heavy atom. The normalized spacial score (nSPS) is 11.7. The Morgan fingerprint density at radius 1 is 0.198 bits per heavy atom. The first kappa shape index (κ1) is 52.5. The van der Waals surface area contributed by atoms with E-state index in [1.54, 1.807) is 0 Å². The van der Waals surface area contributed by atoms with Gasteiger partial charge in [0.05, 0.1) is 11.4 Å². The summed E-state index contributed by atoms with van der Waals surface area (Å²) in [6, 6.07) is 126. The Kier molecular flexibility index (Phi) is 12.5. The molecule has 0 saturated heterocycles. The smallest absolute Gasteiger partial charge is 0.0546 e. The number of nitrogens with zero attached hydrogens (tertiary/aromatic N) is 2. The minimum absolute atomic E-state index is 1.06. The van der Waals surface area contributed by atoms with Crippen LogP contribution in [0.3, 0.4) is 0 Å². The molecule has 2 nitrogen and oxygen atoms in total. The van der Waals surface area contributed by atoms with Crippen molar-refractivity contribution in [2.45, 2.75) is 0 Å². The summed E-state index contributed by atoms with van der Waals surface area (Å²) in [4.78, 5) is 4.93. The summed E-state index contributed by atoms with van der Waals surface area (Å²) in [6.07, 6.45) is 0. The highest BCUT2D eigenvalue weighted by Gasteiger charge is 2.23. The molecule has 18 rings (SSSR count). The summed E-state index contributed by atoms with van der Waals surface area (Å²) in [5, 5.41) is 19.9. The molecule has 0 bridgehead atoms. The number of hydrogen-bond acceptors (Lipinski definition) is 3. The number of rotatable bonds is 10. The molecule has 424 valence electrons. The second-order valence-corrected chi connectivity index (χ2v) is 25.0. The fourth-order valence-electron chi connectivity index (χ4n) is 14.4. The first-order chi connectivity index (χ1) is 45.1. The average Bonchev–Trinajstić information content (AvgIpc) is 1.85. The van der Waals surface area contributed by atoms with E-state index in [2.05, 4.69) is 350 Å². The summed E-state index contributed by atoms with van der Waals surface area (Å²) in [7, 11) is 0. The van der Waals surface area contributed by atoms with Crippen LogP contribution in [0.2, 0.25) is 0 Å². The van der Waals surface area contributed by atoms with E-state index in [1.165, 1.54) is 129 Å². The fourth-order valence-corrected chi connectivity index (χ4v) is 15.6. The minimum Gasteiger partial charge on any atom is -0.310 e. The highest BCUT2D eigenvalue weighted by Crippen LogP contribution is 2.49. The van der Waals surface area contributed by atoms with Crippen LogP contribution in [0.25, 0.3) is 140 Å². The quantitative estimate of drug-likeness (QED) is 0.126. The van der Waals surface area contributed by atoms with Gasteiger partial charge in [0.1, 0.15) is 0 Å². The predicted octanol–water partition coefficient (Wildman–Crippen LogP) is 25.7. The number of benzene rings is 17. The molecular weight excluding hydrogens is 1120 g/mol. The maximum absolute atomic E-state index is 2.47. The van der Waals surface area contributed by atoms with E-state index in [0.717, 1.165) is 45.3 Å².